The summed E-state index contributed by atoms with van der Waals surface area (Å²) in [5.41, 5.74) is 0.266. The van der Waals surface area contributed by atoms with Gasteiger partial charge in [-0.25, -0.2) is 12.8 Å². The van der Waals surface area contributed by atoms with Crippen LogP contribution in [0.15, 0.2) is 17.0 Å². The standard InChI is InChI=1S/C15H22FNO3S/c1-3-12-5-4-6-17(9-12)21(19,20)14-7-11(2)15(16)13(8-14)10-18/h7-8,12,18H,3-6,9-10H2,1-2H3. The van der Waals surface area contributed by atoms with Crippen LogP contribution in [0.1, 0.15) is 37.3 Å². The van der Waals surface area contributed by atoms with Crippen molar-refractivity contribution in [1.82, 2.24) is 4.31 Å². The smallest absolute Gasteiger partial charge is 0.243 e. The Morgan fingerprint density at radius 3 is 2.76 bits per heavy atom. The van der Waals surface area contributed by atoms with Crippen LogP contribution < -0.4 is 0 Å². The number of aryl methyl sites for hydroxylation is 1. The predicted molar refractivity (Wildman–Crippen MR) is 78.8 cm³/mol. The Balaban J connectivity index is 2.37. The molecule has 0 saturated carbocycles. The molecule has 1 unspecified atom stereocenters. The summed E-state index contributed by atoms with van der Waals surface area (Å²) in [6, 6.07) is 2.59. The predicted octanol–water partition coefficient (Wildman–Crippen LogP) is 2.44. The van der Waals surface area contributed by atoms with Crippen LogP contribution >= 0.6 is 0 Å². The average Bonchev–Trinajstić information content (AvgIpc) is 2.49. The molecule has 2 rings (SSSR count). The van der Waals surface area contributed by atoms with Crippen LogP contribution in [0.4, 0.5) is 4.39 Å². The Labute approximate surface area is 125 Å². The highest BCUT2D eigenvalue weighted by atomic mass is 32.2. The molecule has 1 aromatic carbocycles. The van der Waals surface area contributed by atoms with Crippen molar-refractivity contribution in [3.63, 3.8) is 0 Å². The molecule has 0 radical (unpaired) electrons. The van der Waals surface area contributed by atoms with E-state index in [1.165, 1.54) is 23.4 Å². The quantitative estimate of drug-likeness (QED) is 0.928. The van der Waals surface area contributed by atoms with Gasteiger partial charge in [-0.05, 0) is 43.4 Å². The SMILES string of the molecule is CCC1CCCN(S(=O)(=O)c2cc(C)c(F)c(CO)c2)C1. The van der Waals surface area contributed by atoms with Gasteiger partial charge >= 0.3 is 0 Å². The summed E-state index contributed by atoms with van der Waals surface area (Å²) in [6.07, 6.45) is 2.86. The Kier molecular flexibility index (Phi) is 5.01. The molecule has 0 aromatic heterocycles. The maximum absolute atomic E-state index is 13.8. The number of benzene rings is 1. The molecule has 118 valence electrons. The number of hydrogen-bond acceptors (Lipinski definition) is 3. The zero-order valence-corrected chi connectivity index (χ0v) is 13.3. The van der Waals surface area contributed by atoms with Crippen LogP contribution in [0.25, 0.3) is 0 Å². The highest BCUT2D eigenvalue weighted by molar-refractivity contribution is 7.89. The monoisotopic (exact) mass is 315 g/mol. The minimum atomic E-state index is -3.62. The Morgan fingerprint density at radius 2 is 2.14 bits per heavy atom. The highest BCUT2D eigenvalue weighted by Crippen LogP contribution is 2.27. The van der Waals surface area contributed by atoms with Crippen molar-refractivity contribution in [2.75, 3.05) is 13.1 Å². The van der Waals surface area contributed by atoms with Gasteiger partial charge in [0.25, 0.3) is 0 Å². The van der Waals surface area contributed by atoms with E-state index in [2.05, 4.69) is 6.92 Å². The number of rotatable bonds is 4. The second-order valence-corrected chi connectivity index (χ2v) is 7.59. The van der Waals surface area contributed by atoms with E-state index in [-0.39, 0.29) is 16.0 Å². The number of halogens is 1. The van der Waals surface area contributed by atoms with E-state index in [0.29, 0.717) is 19.0 Å². The van der Waals surface area contributed by atoms with Crippen LogP contribution in [-0.2, 0) is 16.6 Å². The lowest BCUT2D eigenvalue weighted by molar-refractivity contribution is 0.261. The van der Waals surface area contributed by atoms with E-state index >= 15 is 0 Å². The second kappa shape index (κ2) is 6.42. The summed E-state index contributed by atoms with van der Waals surface area (Å²) in [6.45, 7) is 4.09. The molecule has 1 N–H and O–H groups in total. The molecule has 1 atom stereocenters. The van der Waals surface area contributed by atoms with Crippen molar-refractivity contribution in [3.8, 4) is 0 Å². The normalized spacial score (nSPS) is 20.7. The molecule has 1 heterocycles. The first-order valence-electron chi connectivity index (χ1n) is 7.30. The maximum Gasteiger partial charge on any atom is 0.243 e. The molecule has 4 nitrogen and oxygen atoms in total. The van der Waals surface area contributed by atoms with E-state index in [1.54, 1.807) is 0 Å². The fourth-order valence-electron chi connectivity index (χ4n) is 2.80. The van der Waals surface area contributed by atoms with Gasteiger partial charge in [0.2, 0.25) is 10.0 Å². The number of aliphatic hydroxyl groups is 1. The van der Waals surface area contributed by atoms with Crippen LogP contribution in [-0.4, -0.2) is 30.9 Å². The minimum absolute atomic E-state index is 0.0256. The fourth-order valence-corrected chi connectivity index (χ4v) is 4.49. The first kappa shape index (κ1) is 16.4. The van der Waals surface area contributed by atoms with Crippen molar-refractivity contribution >= 4 is 10.0 Å². The second-order valence-electron chi connectivity index (χ2n) is 5.65. The zero-order valence-electron chi connectivity index (χ0n) is 12.5. The fraction of sp³-hybridized carbons (Fsp3) is 0.600. The van der Waals surface area contributed by atoms with E-state index in [0.717, 1.165) is 19.3 Å². The number of aliphatic hydroxyl groups excluding tert-OH is 1. The highest BCUT2D eigenvalue weighted by Gasteiger charge is 2.30. The summed E-state index contributed by atoms with van der Waals surface area (Å²) in [4.78, 5) is 0.0715. The van der Waals surface area contributed by atoms with Gasteiger partial charge in [-0.1, -0.05) is 13.3 Å². The van der Waals surface area contributed by atoms with Gasteiger partial charge in [0.05, 0.1) is 11.5 Å². The molecule has 21 heavy (non-hydrogen) atoms. The van der Waals surface area contributed by atoms with Crippen LogP contribution in [0, 0.1) is 18.7 Å². The molecule has 6 heteroatoms. The van der Waals surface area contributed by atoms with Gasteiger partial charge in [-0.3, -0.25) is 0 Å². The first-order chi connectivity index (χ1) is 9.90. The third-order valence-corrected chi connectivity index (χ3v) is 6.01. The maximum atomic E-state index is 13.8. The van der Waals surface area contributed by atoms with Crippen molar-refractivity contribution in [2.45, 2.75) is 44.6 Å². The van der Waals surface area contributed by atoms with E-state index < -0.39 is 22.4 Å². The molecule has 1 aliphatic rings. The lowest BCUT2D eigenvalue weighted by Crippen LogP contribution is -2.39. The van der Waals surface area contributed by atoms with E-state index in [9.17, 15) is 17.9 Å². The topological polar surface area (TPSA) is 57.6 Å². The van der Waals surface area contributed by atoms with Gasteiger partial charge in [-0.15, -0.1) is 0 Å². The molecule has 0 spiro atoms. The van der Waals surface area contributed by atoms with E-state index in [1.807, 2.05) is 0 Å². The average molecular weight is 315 g/mol. The first-order valence-corrected chi connectivity index (χ1v) is 8.74. The molecular formula is C15H22FNO3S. The number of sulfonamides is 1. The third-order valence-electron chi connectivity index (χ3n) is 4.17. The summed E-state index contributed by atoms with van der Waals surface area (Å²) in [5, 5.41) is 9.18. The molecule has 0 amide bonds. The van der Waals surface area contributed by atoms with E-state index in [4.69, 9.17) is 0 Å². The molecule has 1 aromatic rings. The number of nitrogens with zero attached hydrogens (tertiary/aromatic N) is 1. The Hall–Kier alpha value is -0.980. The molecule has 0 bridgehead atoms. The van der Waals surface area contributed by atoms with Gasteiger partial charge in [0.1, 0.15) is 5.82 Å². The molecule has 1 aliphatic heterocycles. The summed E-state index contributed by atoms with van der Waals surface area (Å²) < 4.78 is 40.6. The van der Waals surface area contributed by atoms with Crippen LogP contribution in [0.2, 0.25) is 0 Å². The Bertz CT molecular complexity index is 616. The lowest BCUT2D eigenvalue weighted by atomic mass is 9.97. The summed E-state index contributed by atoms with van der Waals surface area (Å²) in [7, 11) is -3.62. The van der Waals surface area contributed by atoms with Crippen molar-refractivity contribution in [1.29, 1.82) is 0 Å². The summed E-state index contributed by atoms with van der Waals surface area (Å²) in [5.74, 6) is -0.158. The molecular weight excluding hydrogens is 293 g/mol. The molecule has 1 fully saturated rings. The van der Waals surface area contributed by atoms with Crippen LogP contribution in [0.5, 0.6) is 0 Å². The largest absolute Gasteiger partial charge is 0.392 e. The van der Waals surface area contributed by atoms with Gasteiger partial charge < -0.3 is 5.11 Å². The molecule has 0 aliphatic carbocycles. The minimum Gasteiger partial charge on any atom is -0.392 e. The van der Waals surface area contributed by atoms with Gasteiger partial charge in [0.15, 0.2) is 0 Å². The van der Waals surface area contributed by atoms with Crippen molar-refractivity contribution < 1.29 is 17.9 Å². The van der Waals surface area contributed by atoms with Crippen molar-refractivity contribution in [2.24, 2.45) is 5.92 Å². The Morgan fingerprint density at radius 1 is 1.43 bits per heavy atom. The number of piperidine rings is 1. The van der Waals surface area contributed by atoms with Gasteiger partial charge in [0, 0.05) is 18.7 Å². The van der Waals surface area contributed by atoms with Gasteiger partial charge in [-0.2, -0.15) is 4.31 Å². The lowest BCUT2D eigenvalue weighted by Gasteiger charge is -2.31. The summed E-state index contributed by atoms with van der Waals surface area (Å²) >= 11 is 0. The number of hydrogen-bond donors (Lipinski definition) is 1. The third kappa shape index (κ3) is 3.27. The zero-order chi connectivity index (χ0) is 15.6. The molecule has 1 saturated heterocycles. The van der Waals surface area contributed by atoms with Crippen molar-refractivity contribution in [3.05, 3.63) is 29.1 Å². The van der Waals surface area contributed by atoms with Crippen LogP contribution in [0.3, 0.4) is 0 Å².